The minimum Gasteiger partial charge on any atom is -0.497 e. The van der Waals surface area contributed by atoms with Crippen molar-refractivity contribution in [3.8, 4) is 23.0 Å². The van der Waals surface area contributed by atoms with E-state index < -0.39 is 5.97 Å². The fourth-order valence-electron chi connectivity index (χ4n) is 2.66. The number of carboxylic acids is 1. The summed E-state index contributed by atoms with van der Waals surface area (Å²) in [4.78, 5) is 11.8. The van der Waals surface area contributed by atoms with Crippen molar-refractivity contribution in [1.29, 1.82) is 0 Å². The minimum atomic E-state index is -1.07. The molecule has 1 aromatic heterocycles. The van der Waals surface area contributed by atoms with E-state index in [1.165, 1.54) is 5.56 Å². The number of nitrogens with zero attached hydrogens (tertiary/aromatic N) is 2. The zero-order valence-electron chi connectivity index (χ0n) is 17.1. The summed E-state index contributed by atoms with van der Waals surface area (Å²) in [6, 6.07) is 12.9. The van der Waals surface area contributed by atoms with E-state index in [0.29, 0.717) is 23.0 Å². The van der Waals surface area contributed by atoms with Crippen molar-refractivity contribution in [2.24, 2.45) is 0 Å². The molecule has 1 heterocycles. The Morgan fingerprint density at radius 3 is 2.23 bits per heavy atom. The third-order valence-corrected chi connectivity index (χ3v) is 5.17. The van der Waals surface area contributed by atoms with E-state index in [2.05, 4.69) is 24.0 Å². The molecule has 0 radical (unpaired) electrons. The molecule has 1 N–H and O–H groups in total. The Morgan fingerprint density at radius 2 is 1.70 bits per heavy atom. The van der Waals surface area contributed by atoms with E-state index in [0.717, 1.165) is 17.3 Å². The van der Waals surface area contributed by atoms with Crippen LogP contribution in [0.4, 0.5) is 0 Å². The molecule has 0 aliphatic carbocycles. The molecule has 3 aromatic rings. The van der Waals surface area contributed by atoms with Crippen LogP contribution in [-0.4, -0.2) is 35.5 Å². The van der Waals surface area contributed by atoms with Crippen molar-refractivity contribution in [2.45, 2.75) is 25.0 Å². The lowest BCUT2D eigenvalue weighted by atomic mass is 10.0. The van der Waals surface area contributed by atoms with Crippen molar-refractivity contribution in [1.82, 2.24) is 10.2 Å². The number of carboxylic acid groups (broad SMARTS) is 1. The Balaban J connectivity index is 1.84. The molecule has 0 fully saturated rings. The highest BCUT2D eigenvalue weighted by atomic mass is 32.2. The van der Waals surface area contributed by atoms with Gasteiger partial charge >= 0.3 is 5.97 Å². The van der Waals surface area contributed by atoms with Gasteiger partial charge in [-0.2, -0.15) is 0 Å². The summed E-state index contributed by atoms with van der Waals surface area (Å²) in [6.07, 6.45) is 1.58. The molecule has 0 saturated carbocycles. The summed E-state index contributed by atoms with van der Waals surface area (Å²) in [7, 11) is 3.09. The number of aromatic nitrogens is 2. The van der Waals surface area contributed by atoms with Gasteiger partial charge in [-0.1, -0.05) is 38.1 Å². The third kappa shape index (κ3) is 5.21. The van der Waals surface area contributed by atoms with Crippen LogP contribution in [0.2, 0.25) is 0 Å². The standard InChI is InChI=1S/C22H22N2O5S/c1-13(2)15-7-5-14(6-8-15)9-19(21(25)26)30-22-24-23-20(29-22)16-10-17(27-3)12-18(11-16)28-4/h5-13H,1-4H3,(H,25,26)/b19-9-. The van der Waals surface area contributed by atoms with Gasteiger partial charge in [0.05, 0.1) is 14.2 Å². The number of carbonyl (C=O) groups is 1. The fraction of sp³-hybridized carbons (Fsp3) is 0.227. The van der Waals surface area contributed by atoms with Crippen LogP contribution in [0, 0.1) is 0 Å². The lowest BCUT2D eigenvalue weighted by Gasteiger charge is -2.06. The van der Waals surface area contributed by atoms with Crippen LogP contribution in [0.25, 0.3) is 17.5 Å². The van der Waals surface area contributed by atoms with Gasteiger partial charge in [0.1, 0.15) is 16.4 Å². The maximum atomic E-state index is 11.7. The van der Waals surface area contributed by atoms with Gasteiger partial charge < -0.3 is 19.0 Å². The van der Waals surface area contributed by atoms with Gasteiger partial charge in [-0.3, -0.25) is 0 Å². The van der Waals surface area contributed by atoms with Gasteiger partial charge in [0.2, 0.25) is 5.89 Å². The van der Waals surface area contributed by atoms with E-state index in [-0.39, 0.29) is 16.0 Å². The second-order valence-electron chi connectivity index (χ2n) is 6.71. The number of hydrogen-bond donors (Lipinski definition) is 1. The second kappa shape index (κ2) is 9.49. The molecule has 30 heavy (non-hydrogen) atoms. The lowest BCUT2D eigenvalue weighted by Crippen LogP contribution is -1.97. The average molecular weight is 426 g/mol. The zero-order chi connectivity index (χ0) is 21.7. The summed E-state index contributed by atoms with van der Waals surface area (Å²) >= 11 is 0.896. The molecule has 0 unspecified atom stereocenters. The predicted molar refractivity (Wildman–Crippen MR) is 115 cm³/mol. The molecule has 2 aromatic carbocycles. The monoisotopic (exact) mass is 426 g/mol. The first-order chi connectivity index (χ1) is 14.4. The average Bonchev–Trinajstić information content (AvgIpc) is 3.21. The maximum absolute atomic E-state index is 11.7. The SMILES string of the molecule is COc1cc(OC)cc(-c2nnc(S/C(=C\c3ccc(C(C)C)cc3)C(=O)O)o2)c1. The highest BCUT2D eigenvalue weighted by molar-refractivity contribution is 8.03. The number of rotatable bonds is 8. The predicted octanol–water partition coefficient (Wildman–Crippen LogP) is 5.10. The topological polar surface area (TPSA) is 94.7 Å². The molecule has 0 bridgehead atoms. The fourth-order valence-corrected chi connectivity index (χ4v) is 3.33. The van der Waals surface area contributed by atoms with Crippen LogP contribution < -0.4 is 9.47 Å². The summed E-state index contributed by atoms with van der Waals surface area (Å²) in [5.74, 6) is 0.722. The van der Waals surface area contributed by atoms with Crippen LogP contribution >= 0.6 is 11.8 Å². The van der Waals surface area contributed by atoms with Crippen LogP contribution in [0.3, 0.4) is 0 Å². The number of methoxy groups -OCH3 is 2. The molecule has 0 amide bonds. The number of benzene rings is 2. The molecule has 0 atom stereocenters. The molecule has 0 aliphatic heterocycles. The Labute approximate surface area is 178 Å². The van der Waals surface area contributed by atoms with Crippen LogP contribution in [0.1, 0.15) is 30.9 Å². The smallest absolute Gasteiger partial charge is 0.342 e. The zero-order valence-corrected chi connectivity index (χ0v) is 17.9. The molecule has 7 nitrogen and oxygen atoms in total. The van der Waals surface area contributed by atoms with E-state index >= 15 is 0 Å². The summed E-state index contributed by atoms with van der Waals surface area (Å²) < 4.78 is 16.2. The Hall–Kier alpha value is -3.26. The Kier molecular flexibility index (Phi) is 6.79. The van der Waals surface area contributed by atoms with Crippen molar-refractivity contribution < 1.29 is 23.8 Å². The number of ether oxygens (including phenoxy) is 2. The minimum absolute atomic E-state index is 0.0747. The number of hydrogen-bond acceptors (Lipinski definition) is 7. The van der Waals surface area contributed by atoms with E-state index in [9.17, 15) is 9.90 Å². The van der Waals surface area contributed by atoms with Crippen LogP contribution in [0.5, 0.6) is 11.5 Å². The molecule has 156 valence electrons. The highest BCUT2D eigenvalue weighted by Crippen LogP contribution is 2.33. The second-order valence-corrected chi connectivity index (χ2v) is 7.70. The van der Waals surface area contributed by atoms with Gasteiger partial charge in [0.25, 0.3) is 5.22 Å². The van der Waals surface area contributed by atoms with Gasteiger partial charge in [-0.25, -0.2) is 4.79 Å². The third-order valence-electron chi connectivity index (χ3n) is 4.31. The Morgan fingerprint density at radius 1 is 1.07 bits per heavy atom. The summed E-state index contributed by atoms with van der Waals surface area (Å²) in [6.45, 7) is 4.21. The molecule has 0 aliphatic rings. The van der Waals surface area contributed by atoms with Crippen LogP contribution in [0.15, 0.2) is 57.0 Å². The highest BCUT2D eigenvalue weighted by Gasteiger charge is 2.17. The number of thioether (sulfide) groups is 1. The molecule has 0 spiro atoms. The van der Waals surface area contributed by atoms with Crippen molar-refractivity contribution in [3.05, 3.63) is 58.5 Å². The summed E-state index contributed by atoms with van der Waals surface area (Å²) in [5.41, 5.74) is 2.57. The molecule has 8 heteroatoms. The molecular weight excluding hydrogens is 404 g/mol. The Bertz CT molecular complexity index is 1040. The van der Waals surface area contributed by atoms with Crippen LogP contribution in [-0.2, 0) is 4.79 Å². The summed E-state index contributed by atoms with van der Waals surface area (Å²) in [5, 5.41) is 17.7. The van der Waals surface area contributed by atoms with Crippen molar-refractivity contribution in [2.75, 3.05) is 14.2 Å². The molecular formula is C22H22N2O5S. The first kappa shape index (κ1) is 21.4. The van der Waals surface area contributed by atoms with Gasteiger partial charge in [-0.15, -0.1) is 10.2 Å². The normalized spacial score (nSPS) is 11.6. The van der Waals surface area contributed by atoms with Gasteiger partial charge in [-0.05, 0) is 47.0 Å². The number of aliphatic carboxylic acids is 1. The largest absolute Gasteiger partial charge is 0.497 e. The lowest BCUT2D eigenvalue weighted by molar-refractivity contribution is -0.131. The van der Waals surface area contributed by atoms with Crippen molar-refractivity contribution >= 4 is 23.8 Å². The molecule has 0 saturated heterocycles. The van der Waals surface area contributed by atoms with Gasteiger partial charge in [0.15, 0.2) is 0 Å². The maximum Gasteiger partial charge on any atom is 0.342 e. The quantitative estimate of drug-likeness (QED) is 0.393. The first-order valence-electron chi connectivity index (χ1n) is 9.19. The van der Waals surface area contributed by atoms with E-state index in [1.807, 2.05) is 24.3 Å². The van der Waals surface area contributed by atoms with E-state index in [1.54, 1.807) is 38.5 Å². The first-order valence-corrected chi connectivity index (χ1v) is 10.0. The van der Waals surface area contributed by atoms with Crippen molar-refractivity contribution in [3.63, 3.8) is 0 Å². The van der Waals surface area contributed by atoms with Gasteiger partial charge in [0, 0.05) is 11.6 Å². The molecule has 3 rings (SSSR count). The van der Waals surface area contributed by atoms with E-state index in [4.69, 9.17) is 13.9 Å².